The van der Waals surface area contributed by atoms with Gasteiger partial charge in [-0.1, -0.05) is 18.6 Å². The fraction of sp³-hybridized carbons (Fsp3) is 0.524. The van der Waals surface area contributed by atoms with E-state index < -0.39 is 0 Å². The Morgan fingerprint density at radius 1 is 1.30 bits per heavy atom. The van der Waals surface area contributed by atoms with Gasteiger partial charge in [0, 0.05) is 33.2 Å². The van der Waals surface area contributed by atoms with Gasteiger partial charge in [0.05, 0.1) is 30.7 Å². The van der Waals surface area contributed by atoms with Gasteiger partial charge in [-0.15, -0.1) is 0 Å². The van der Waals surface area contributed by atoms with Crippen LogP contribution in [0.3, 0.4) is 0 Å². The van der Waals surface area contributed by atoms with Crippen molar-refractivity contribution in [1.82, 2.24) is 19.8 Å². The molecule has 0 radical (unpaired) electrons. The molecule has 0 bridgehead atoms. The van der Waals surface area contributed by atoms with Crippen molar-refractivity contribution in [3.05, 3.63) is 47.5 Å². The van der Waals surface area contributed by atoms with E-state index in [9.17, 15) is 4.79 Å². The Morgan fingerprint density at radius 2 is 2.07 bits per heavy atom. The summed E-state index contributed by atoms with van der Waals surface area (Å²) < 4.78 is 7.25. The number of fused-ring (bicyclic) bond motifs is 1. The van der Waals surface area contributed by atoms with Crippen LogP contribution in [0.1, 0.15) is 42.1 Å². The standard InChI is InChI=1S/C21H28N4O2/c1-24-14-23-19-13-25(11-16-6-8-17(27-2)9-7-16)12-18(20(19)24)21(26)22-10-15-4-3-5-15/h6-9,14-15,18H,3-5,10-13H2,1-2H3,(H,22,26)/t18-/m0/s1. The van der Waals surface area contributed by atoms with E-state index in [4.69, 9.17) is 4.74 Å². The third kappa shape index (κ3) is 3.86. The summed E-state index contributed by atoms with van der Waals surface area (Å²) in [6, 6.07) is 8.12. The Morgan fingerprint density at radius 3 is 2.74 bits per heavy atom. The molecule has 2 aliphatic rings. The summed E-state index contributed by atoms with van der Waals surface area (Å²) in [6.45, 7) is 3.09. The molecule has 1 aromatic heterocycles. The van der Waals surface area contributed by atoms with Crippen molar-refractivity contribution in [1.29, 1.82) is 0 Å². The molecule has 1 amide bonds. The minimum Gasteiger partial charge on any atom is -0.497 e. The molecule has 6 nitrogen and oxygen atoms in total. The number of hydrogen-bond acceptors (Lipinski definition) is 4. The van der Waals surface area contributed by atoms with Crippen molar-refractivity contribution in [2.75, 3.05) is 20.2 Å². The van der Waals surface area contributed by atoms with Crippen molar-refractivity contribution < 1.29 is 9.53 Å². The van der Waals surface area contributed by atoms with Crippen LogP contribution in [0.2, 0.25) is 0 Å². The highest BCUT2D eigenvalue weighted by molar-refractivity contribution is 5.84. The molecule has 0 unspecified atom stereocenters. The van der Waals surface area contributed by atoms with Crippen molar-refractivity contribution in [3.8, 4) is 5.75 Å². The molecule has 2 aromatic rings. The van der Waals surface area contributed by atoms with E-state index in [1.165, 1.54) is 24.8 Å². The van der Waals surface area contributed by atoms with Gasteiger partial charge < -0.3 is 14.6 Å². The normalized spacial score (nSPS) is 20.0. The first-order chi connectivity index (χ1) is 13.1. The lowest BCUT2D eigenvalue weighted by molar-refractivity contribution is -0.123. The summed E-state index contributed by atoms with van der Waals surface area (Å²) in [4.78, 5) is 19.8. The van der Waals surface area contributed by atoms with Crippen LogP contribution in [0.4, 0.5) is 0 Å². The monoisotopic (exact) mass is 368 g/mol. The van der Waals surface area contributed by atoms with E-state index >= 15 is 0 Å². The van der Waals surface area contributed by atoms with Crippen LogP contribution in [0.15, 0.2) is 30.6 Å². The number of nitrogens with one attached hydrogen (secondary N) is 1. The fourth-order valence-electron chi connectivity index (χ4n) is 4.06. The number of carbonyl (C=O) groups is 1. The third-order valence-corrected chi connectivity index (χ3v) is 5.88. The second-order valence-electron chi connectivity index (χ2n) is 7.80. The highest BCUT2D eigenvalue weighted by atomic mass is 16.5. The van der Waals surface area contributed by atoms with Crippen LogP contribution in [0, 0.1) is 5.92 Å². The summed E-state index contributed by atoms with van der Waals surface area (Å²) in [6.07, 6.45) is 5.61. The van der Waals surface area contributed by atoms with Crippen LogP contribution < -0.4 is 10.1 Å². The molecule has 144 valence electrons. The molecule has 1 atom stereocenters. The van der Waals surface area contributed by atoms with Gasteiger partial charge in [0.15, 0.2) is 0 Å². The molecular weight excluding hydrogens is 340 g/mol. The molecule has 1 saturated carbocycles. The number of benzene rings is 1. The lowest BCUT2D eigenvalue weighted by atomic mass is 9.85. The molecule has 6 heteroatoms. The number of aryl methyl sites for hydroxylation is 1. The van der Waals surface area contributed by atoms with Gasteiger partial charge in [0.1, 0.15) is 5.75 Å². The van der Waals surface area contributed by atoms with Gasteiger partial charge >= 0.3 is 0 Å². The maximum absolute atomic E-state index is 12.9. The fourth-order valence-corrected chi connectivity index (χ4v) is 4.06. The minimum absolute atomic E-state index is 0.131. The molecule has 0 saturated heterocycles. The smallest absolute Gasteiger partial charge is 0.230 e. The molecule has 27 heavy (non-hydrogen) atoms. The summed E-state index contributed by atoms with van der Waals surface area (Å²) in [5.74, 6) is 1.49. The Kier molecular flexibility index (Phi) is 5.16. The van der Waals surface area contributed by atoms with E-state index in [1.807, 2.05) is 30.1 Å². The Hall–Kier alpha value is -2.34. The lowest BCUT2D eigenvalue weighted by Gasteiger charge is -2.33. The Labute approximate surface area is 160 Å². The summed E-state index contributed by atoms with van der Waals surface area (Å²) >= 11 is 0. The number of ether oxygens (including phenoxy) is 1. The first-order valence-corrected chi connectivity index (χ1v) is 9.77. The van der Waals surface area contributed by atoms with Gasteiger partial charge in [-0.3, -0.25) is 9.69 Å². The zero-order chi connectivity index (χ0) is 18.8. The third-order valence-electron chi connectivity index (χ3n) is 5.88. The number of amides is 1. The summed E-state index contributed by atoms with van der Waals surface area (Å²) in [5, 5.41) is 3.19. The van der Waals surface area contributed by atoms with Crippen molar-refractivity contribution in [3.63, 3.8) is 0 Å². The Bertz CT molecular complexity index is 795. The highest BCUT2D eigenvalue weighted by Gasteiger charge is 2.34. The predicted octanol–water partition coefficient (Wildman–Crippen LogP) is 2.44. The lowest BCUT2D eigenvalue weighted by Crippen LogP contribution is -2.43. The number of rotatable bonds is 6. The zero-order valence-corrected chi connectivity index (χ0v) is 16.1. The molecule has 1 aliphatic carbocycles. The molecular formula is C21H28N4O2. The topological polar surface area (TPSA) is 59.4 Å². The summed E-state index contributed by atoms with van der Waals surface area (Å²) in [5.41, 5.74) is 3.29. The van der Waals surface area contributed by atoms with Gasteiger partial charge in [-0.05, 0) is 36.5 Å². The minimum atomic E-state index is -0.167. The number of methoxy groups -OCH3 is 1. The van der Waals surface area contributed by atoms with E-state index in [1.54, 1.807) is 7.11 Å². The predicted molar refractivity (Wildman–Crippen MR) is 103 cm³/mol. The van der Waals surface area contributed by atoms with Crippen LogP contribution in [0.5, 0.6) is 5.75 Å². The molecule has 1 fully saturated rings. The molecule has 0 spiro atoms. The molecule has 1 aromatic carbocycles. The van der Waals surface area contributed by atoms with Gasteiger partial charge in [0.25, 0.3) is 0 Å². The van der Waals surface area contributed by atoms with E-state index in [-0.39, 0.29) is 11.8 Å². The molecule has 2 heterocycles. The molecule has 1 N–H and O–H groups in total. The van der Waals surface area contributed by atoms with Crippen LogP contribution >= 0.6 is 0 Å². The highest BCUT2D eigenvalue weighted by Crippen LogP contribution is 2.30. The average molecular weight is 368 g/mol. The largest absolute Gasteiger partial charge is 0.497 e. The van der Waals surface area contributed by atoms with Crippen LogP contribution in [-0.4, -0.2) is 40.6 Å². The molecule has 1 aliphatic heterocycles. The van der Waals surface area contributed by atoms with Gasteiger partial charge in [0.2, 0.25) is 5.91 Å². The van der Waals surface area contributed by atoms with E-state index in [2.05, 4.69) is 27.3 Å². The van der Waals surface area contributed by atoms with Crippen molar-refractivity contribution in [2.45, 2.75) is 38.3 Å². The van der Waals surface area contributed by atoms with E-state index in [0.717, 1.165) is 43.3 Å². The first kappa shape index (κ1) is 18.0. The van der Waals surface area contributed by atoms with Gasteiger partial charge in [-0.2, -0.15) is 0 Å². The Balaban J connectivity index is 1.47. The second kappa shape index (κ2) is 7.72. The number of nitrogens with zero attached hydrogens (tertiary/aromatic N) is 3. The SMILES string of the molecule is COc1ccc(CN2Cc3ncn(C)c3[C@@H](C(=O)NCC3CCC3)C2)cc1. The van der Waals surface area contributed by atoms with Crippen LogP contribution in [-0.2, 0) is 24.9 Å². The maximum Gasteiger partial charge on any atom is 0.230 e. The maximum atomic E-state index is 12.9. The van der Waals surface area contributed by atoms with E-state index in [0.29, 0.717) is 5.92 Å². The van der Waals surface area contributed by atoms with Gasteiger partial charge in [-0.25, -0.2) is 4.98 Å². The first-order valence-electron chi connectivity index (χ1n) is 9.77. The average Bonchev–Trinajstić information content (AvgIpc) is 3.01. The second-order valence-corrected chi connectivity index (χ2v) is 7.80. The van der Waals surface area contributed by atoms with Crippen molar-refractivity contribution in [2.24, 2.45) is 13.0 Å². The number of carbonyl (C=O) groups excluding carboxylic acids is 1. The number of aromatic nitrogens is 2. The molecule has 4 rings (SSSR count). The number of imidazole rings is 1. The van der Waals surface area contributed by atoms with Crippen LogP contribution in [0.25, 0.3) is 0 Å². The van der Waals surface area contributed by atoms with Crippen molar-refractivity contribution >= 4 is 5.91 Å². The number of hydrogen-bond donors (Lipinski definition) is 1. The summed E-state index contributed by atoms with van der Waals surface area (Å²) in [7, 11) is 3.66. The zero-order valence-electron chi connectivity index (χ0n) is 16.1. The quantitative estimate of drug-likeness (QED) is 0.851.